The summed E-state index contributed by atoms with van der Waals surface area (Å²) in [6.07, 6.45) is 4.03. The van der Waals surface area contributed by atoms with Crippen molar-refractivity contribution in [3.05, 3.63) is 53.6 Å². The number of allylic oxidation sites excluding steroid dienone is 1. The minimum absolute atomic E-state index is 0.254. The number of carbonyl (C=O) groups excluding carboxylic acids is 1. The van der Waals surface area contributed by atoms with E-state index in [0.717, 1.165) is 51.2 Å². The average Bonchev–Trinajstić information content (AvgIpc) is 3.17. The molecule has 3 aromatic rings. The van der Waals surface area contributed by atoms with Crippen molar-refractivity contribution in [1.82, 2.24) is 0 Å². The molecule has 0 fully saturated rings. The number of ether oxygens (including phenoxy) is 2. The van der Waals surface area contributed by atoms with Crippen molar-refractivity contribution in [3.63, 3.8) is 0 Å². The molecule has 0 aliphatic carbocycles. The number of aryl methyl sites for hydroxylation is 1. The summed E-state index contributed by atoms with van der Waals surface area (Å²) >= 11 is 0. The van der Waals surface area contributed by atoms with Crippen LogP contribution in [-0.2, 0) is 4.79 Å². The van der Waals surface area contributed by atoms with E-state index in [1.807, 2.05) is 43.3 Å². The van der Waals surface area contributed by atoms with Crippen molar-refractivity contribution in [2.24, 2.45) is 0 Å². The first kappa shape index (κ1) is 13.6. The second-order valence-corrected chi connectivity index (χ2v) is 5.38. The van der Waals surface area contributed by atoms with Crippen molar-refractivity contribution in [1.29, 1.82) is 0 Å². The zero-order valence-electron chi connectivity index (χ0n) is 12.5. The molecule has 0 amide bonds. The number of fused-ring (bicyclic) bond motifs is 2. The van der Waals surface area contributed by atoms with Crippen LogP contribution in [0.2, 0.25) is 0 Å². The number of aldehydes is 1. The molecule has 4 nitrogen and oxygen atoms in total. The lowest BCUT2D eigenvalue weighted by Gasteiger charge is -2.01. The molecule has 114 valence electrons. The standard InChI is InChI=1S/C19H14O4/c1-12-15-9-13(3-2-8-20)4-6-16(15)23-19(12)14-5-7-17-18(10-14)22-11-21-17/h2-10H,11H2,1H3/b3-2+. The van der Waals surface area contributed by atoms with Crippen LogP contribution in [0.1, 0.15) is 11.1 Å². The molecule has 0 spiro atoms. The normalized spacial score (nSPS) is 13.1. The third-order valence-electron chi connectivity index (χ3n) is 3.96. The second-order valence-electron chi connectivity index (χ2n) is 5.38. The Kier molecular flexibility index (Phi) is 3.15. The summed E-state index contributed by atoms with van der Waals surface area (Å²) < 4.78 is 16.8. The Morgan fingerprint density at radius 1 is 1.04 bits per heavy atom. The highest BCUT2D eigenvalue weighted by atomic mass is 16.7. The van der Waals surface area contributed by atoms with Crippen molar-refractivity contribution < 1.29 is 18.7 Å². The minimum Gasteiger partial charge on any atom is -0.456 e. The Bertz CT molecular complexity index is 934. The van der Waals surface area contributed by atoms with Gasteiger partial charge in [-0.05, 0) is 48.9 Å². The third-order valence-corrected chi connectivity index (χ3v) is 3.96. The lowest BCUT2D eigenvalue weighted by Crippen LogP contribution is -1.92. The summed E-state index contributed by atoms with van der Waals surface area (Å²) in [7, 11) is 0. The van der Waals surface area contributed by atoms with Crippen LogP contribution in [-0.4, -0.2) is 13.1 Å². The Morgan fingerprint density at radius 2 is 1.91 bits per heavy atom. The van der Waals surface area contributed by atoms with Gasteiger partial charge >= 0.3 is 0 Å². The fourth-order valence-corrected chi connectivity index (χ4v) is 2.81. The quantitative estimate of drug-likeness (QED) is 0.533. The molecule has 0 atom stereocenters. The van der Waals surface area contributed by atoms with Crippen LogP contribution in [0.3, 0.4) is 0 Å². The van der Waals surface area contributed by atoms with E-state index in [1.165, 1.54) is 6.08 Å². The van der Waals surface area contributed by atoms with E-state index in [4.69, 9.17) is 13.9 Å². The number of hydrogen-bond donors (Lipinski definition) is 0. The van der Waals surface area contributed by atoms with E-state index in [-0.39, 0.29) is 6.79 Å². The van der Waals surface area contributed by atoms with Crippen molar-refractivity contribution in [2.45, 2.75) is 6.92 Å². The fourth-order valence-electron chi connectivity index (χ4n) is 2.81. The van der Waals surface area contributed by atoms with Crippen molar-refractivity contribution in [3.8, 4) is 22.8 Å². The highest BCUT2D eigenvalue weighted by Gasteiger charge is 2.18. The van der Waals surface area contributed by atoms with Crippen LogP contribution in [0.5, 0.6) is 11.5 Å². The predicted molar refractivity (Wildman–Crippen MR) is 87.6 cm³/mol. The topological polar surface area (TPSA) is 48.7 Å². The molecule has 1 aromatic heterocycles. The molecule has 4 heteroatoms. The van der Waals surface area contributed by atoms with Gasteiger partial charge in [-0.1, -0.05) is 12.1 Å². The maximum absolute atomic E-state index is 10.5. The average molecular weight is 306 g/mol. The molecule has 4 rings (SSSR count). The molecular formula is C19H14O4. The number of benzene rings is 2. The fraction of sp³-hybridized carbons (Fsp3) is 0.105. The van der Waals surface area contributed by atoms with Gasteiger partial charge in [0.15, 0.2) is 11.5 Å². The monoisotopic (exact) mass is 306 g/mol. The van der Waals surface area contributed by atoms with Gasteiger partial charge in [0.2, 0.25) is 6.79 Å². The molecule has 0 saturated heterocycles. The lowest BCUT2D eigenvalue weighted by molar-refractivity contribution is -0.104. The number of furan rings is 1. The summed E-state index contributed by atoms with van der Waals surface area (Å²) in [4.78, 5) is 10.5. The highest BCUT2D eigenvalue weighted by molar-refractivity contribution is 5.90. The molecule has 0 unspecified atom stereocenters. The minimum atomic E-state index is 0.254. The summed E-state index contributed by atoms with van der Waals surface area (Å²) in [5, 5.41) is 1.03. The number of carbonyl (C=O) groups is 1. The van der Waals surface area contributed by atoms with Gasteiger partial charge in [-0.15, -0.1) is 0 Å². The van der Waals surface area contributed by atoms with Crippen LogP contribution >= 0.6 is 0 Å². The molecule has 2 heterocycles. The SMILES string of the molecule is Cc1c(-c2ccc3c(c2)OCO3)oc2ccc(/C=C/C=O)cc12. The van der Waals surface area contributed by atoms with Gasteiger partial charge in [0.1, 0.15) is 17.6 Å². The smallest absolute Gasteiger partial charge is 0.231 e. The van der Waals surface area contributed by atoms with Gasteiger partial charge in [-0.2, -0.15) is 0 Å². The zero-order valence-corrected chi connectivity index (χ0v) is 12.5. The molecular weight excluding hydrogens is 292 g/mol. The van der Waals surface area contributed by atoms with Crippen molar-refractivity contribution >= 4 is 23.3 Å². The first-order valence-electron chi connectivity index (χ1n) is 7.31. The maximum atomic E-state index is 10.5. The van der Waals surface area contributed by atoms with Crippen LogP contribution in [0, 0.1) is 6.92 Å². The Morgan fingerprint density at radius 3 is 2.78 bits per heavy atom. The van der Waals surface area contributed by atoms with Gasteiger partial charge in [0, 0.05) is 16.5 Å². The molecule has 0 radical (unpaired) electrons. The largest absolute Gasteiger partial charge is 0.456 e. The van der Waals surface area contributed by atoms with E-state index in [9.17, 15) is 4.79 Å². The summed E-state index contributed by atoms with van der Waals surface area (Å²) in [6.45, 7) is 2.28. The maximum Gasteiger partial charge on any atom is 0.231 e. The first-order valence-corrected chi connectivity index (χ1v) is 7.31. The highest BCUT2D eigenvalue weighted by Crippen LogP contribution is 2.39. The van der Waals surface area contributed by atoms with Crippen LogP contribution in [0.4, 0.5) is 0 Å². The Hall–Kier alpha value is -3.01. The van der Waals surface area contributed by atoms with E-state index in [0.29, 0.717) is 0 Å². The molecule has 1 aliphatic rings. The summed E-state index contributed by atoms with van der Waals surface area (Å²) in [6, 6.07) is 11.6. The molecule has 2 aromatic carbocycles. The first-order chi connectivity index (χ1) is 11.3. The van der Waals surface area contributed by atoms with E-state index in [2.05, 4.69) is 0 Å². The van der Waals surface area contributed by atoms with Crippen LogP contribution in [0.25, 0.3) is 28.4 Å². The molecule has 0 saturated carbocycles. The van der Waals surface area contributed by atoms with Gasteiger partial charge < -0.3 is 13.9 Å². The van der Waals surface area contributed by atoms with Gasteiger partial charge in [-0.25, -0.2) is 0 Å². The summed E-state index contributed by atoms with van der Waals surface area (Å²) in [5.41, 5.74) is 3.79. The van der Waals surface area contributed by atoms with E-state index >= 15 is 0 Å². The lowest BCUT2D eigenvalue weighted by atomic mass is 10.0. The number of rotatable bonds is 3. The molecule has 0 bridgehead atoms. The molecule has 1 aliphatic heterocycles. The van der Waals surface area contributed by atoms with Gasteiger partial charge in [0.05, 0.1) is 0 Å². The van der Waals surface area contributed by atoms with E-state index < -0.39 is 0 Å². The second kappa shape index (κ2) is 5.32. The van der Waals surface area contributed by atoms with Gasteiger partial charge in [-0.3, -0.25) is 4.79 Å². The van der Waals surface area contributed by atoms with Crippen LogP contribution < -0.4 is 9.47 Å². The zero-order chi connectivity index (χ0) is 15.8. The Labute approximate surface area is 132 Å². The van der Waals surface area contributed by atoms with Gasteiger partial charge in [0.25, 0.3) is 0 Å². The van der Waals surface area contributed by atoms with E-state index in [1.54, 1.807) is 6.08 Å². The molecule has 23 heavy (non-hydrogen) atoms. The molecule has 0 N–H and O–H groups in total. The Balaban J connectivity index is 1.83. The van der Waals surface area contributed by atoms with Crippen molar-refractivity contribution in [2.75, 3.05) is 6.79 Å². The number of hydrogen-bond acceptors (Lipinski definition) is 4. The van der Waals surface area contributed by atoms with Crippen LogP contribution in [0.15, 0.2) is 46.9 Å². The summed E-state index contributed by atoms with van der Waals surface area (Å²) in [5.74, 6) is 2.30. The third kappa shape index (κ3) is 2.28. The predicted octanol–water partition coefficient (Wildman–Crippen LogP) is 4.35.